The Balaban J connectivity index is 0. The van der Waals surface area contributed by atoms with Crippen molar-refractivity contribution >= 4 is 37.4 Å². The second kappa shape index (κ2) is 19.0. The topological polar surface area (TPSA) is 0 Å². The zero-order valence-corrected chi connectivity index (χ0v) is 7.56. The van der Waals surface area contributed by atoms with Crippen LogP contribution in [-0.4, -0.2) is 23.9 Å². The van der Waals surface area contributed by atoms with Crippen molar-refractivity contribution in [1.29, 1.82) is 0 Å². The quantitative estimate of drug-likeness (QED) is 0.532. The van der Waals surface area contributed by atoms with Crippen molar-refractivity contribution in [3.05, 3.63) is 0 Å². The van der Waals surface area contributed by atoms with Gasteiger partial charge in [0.1, 0.15) is 0 Å². The third kappa shape index (κ3) is 8.89. The Kier molecular flexibility index (Phi) is 165. The van der Waals surface area contributed by atoms with Crippen LogP contribution >= 0.6 is 13.5 Å². The zero-order chi connectivity index (χ0) is 0. The molecule has 0 aliphatic heterocycles. The number of hydrogen-bond acceptors (Lipinski definition) is 0. The fourth-order valence-corrected chi connectivity index (χ4v) is 0. The molecular weight excluding hydrogens is 270 g/mol. The Morgan fingerprint density at radius 3 is 1.00 bits per heavy atom. The van der Waals surface area contributed by atoms with Gasteiger partial charge in [-0.2, -0.15) is 13.5 Å². The van der Waals surface area contributed by atoms with Gasteiger partial charge in [-0.05, 0) is 0 Å². The molecule has 5 radical (unpaired) electrons. The van der Waals surface area contributed by atoms with Crippen LogP contribution in [0.25, 0.3) is 0 Å². The first-order valence-corrected chi connectivity index (χ1v) is 0. The SMILES string of the molecule is S.[Cu].[Fe].[Sn]. The summed E-state index contributed by atoms with van der Waals surface area (Å²) in [6.07, 6.45) is 0. The van der Waals surface area contributed by atoms with Crippen LogP contribution in [0.1, 0.15) is 0 Å². The molecule has 4 heteroatoms. The zero-order valence-electron chi connectivity index (χ0n) is 1.66. The Morgan fingerprint density at radius 2 is 1.00 bits per heavy atom. The van der Waals surface area contributed by atoms with Crippen molar-refractivity contribution in [3.8, 4) is 0 Å². The van der Waals surface area contributed by atoms with Gasteiger partial charge < -0.3 is 0 Å². The summed E-state index contributed by atoms with van der Waals surface area (Å²) >= 11 is 0. The fraction of sp³-hybridized carbons (Fsp3) is 0. The van der Waals surface area contributed by atoms with E-state index in [0.717, 1.165) is 0 Å². The van der Waals surface area contributed by atoms with Crippen molar-refractivity contribution in [1.82, 2.24) is 0 Å². The summed E-state index contributed by atoms with van der Waals surface area (Å²) in [5, 5.41) is 0. The molecule has 0 bridgehead atoms. The molecule has 0 heterocycles. The second-order valence-corrected chi connectivity index (χ2v) is 0. The van der Waals surface area contributed by atoms with Crippen LogP contribution in [0, 0.1) is 0 Å². The summed E-state index contributed by atoms with van der Waals surface area (Å²) in [6, 6.07) is 0. The van der Waals surface area contributed by atoms with Gasteiger partial charge in [0.05, 0.1) is 0 Å². The van der Waals surface area contributed by atoms with Gasteiger partial charge in [0.25, 0.3) is 0 Å². The summed E-state index contributed by atoms with van der Waals surface area (Å²) < 4.78 is 0. The Hall–Kier alpha value is 2.19. The Labute approximate surface area is 70.8 Å². The van der Waals surface area contributed by atoms with Crippen LogP contribution in [-0.2, 0) is 34.1 Å². The molecule has 0 aliphatic rings. The summed E-state index contributed by atoms with van der Waals surface area (Å²) in [4.78, 5) is 0. The molecule has 0 fully saturated rings. The fourth-order valence-electron chi connectivity index (χ4n) is 0. The van der Waals surface area contributed by atoms with Gasteiger partial charge >= 0.3 is 0 Å². The molecule has 0 rings (SSSR count). The Bertz CT molecular complexity index is 8.00. The van der Waals surface area contributed by atoms with Gasteiger partial charge in [0.2, 0.25) is 0 Å². The van der Waals surface area contributed by atoms with E-state index in [1.165, 1.54) is 0 Å². The van der Waals surface area contributed by atoms with E-state index < -0.39 is 0 Å². The Morgan fingerprint density at radius 1 is 1.00 bits per heavy atom. The van der Waals surface area contributed by atoms with Crippen LogP contribution in [0.5, 0.6) is 0 Å². The van der Waals surface area contributed by atoms with Gasteiger partial charge in [0.15, 0.2) is 0 Å². The van der Waals surface area contributed by atoms with E-state index in [2.05, 4.69) is 0 Å². The predicted molar refractivity (Wildman–Crippen MR) is 16.1 cm³/mol. The first-order chi connectivity index (χ1) is 0. The molecule has 0 N–H and O–H groups in total. The largest absolute Gasteiger partial charge is 0.197 e. The number of rotatable bonds is 0. The summed E-state index contributed by atoms with van der Waals surface area (Å²) in [5.74, 6) is 0. The monoisotopic (exact) mass is 273 g/mol. The molecule has 0 nitrogen and oxygen atoms in total. The maximum atomic E-state index is 0. The molecule has 0 aromatic heterocycles. The molecule has 0 aliphatic carbocycles. The third-order valence-electron chi connectivity index (χ3n) is 0. The first kappa shape index (κ1) is 34.8. The van der Waals surface area contributed by atoms with Crippen LogP contribution in [0.15, 0.2) is 0 Å². The van der Waals surface area contributed by atoms with Crippen molar-refractivity contribution in [3.63, 3.8) is 0 Å². The summed E-state index contributed by atoms with van der Waals surface area (Å²) in [7, 11) is 0. The molecule has 0 unspecified atom stereocenters. The number of hydrogen-bond donors (Lipinski definition) is 0. The van der Waals surface area contributed by atoms with Gasteiger partial charge in [-0.1, -0.05) is 0 Å². The van der Waals surface area contributed by atoms with Gasteiger partial charge in [-0.3, -0.25) is 0 Å². The molecule has 4 heavy (non-hydrogen) atoms. The van der Waals surface area contributed by atoms with E-state index in [-0.39, 0.29) is 71.5 Å². The van der Waals surface area contributed by atoms with Crippen molar-refractivity contribution in [2.24, 2.45) is 0 Å². The minimum absolute atomic E-state index is 0. The van der Waals surface area contributed by atoms with E-state index >= 15 is 0 Å². The van der Waals surface area contributed by atoms with E-state index in [1.54, 1.807) is 0 Å². The third-order valence-corrected chi connectivity index (χ3v) is 0. The first-order valence-electron chi connectivity index (χ1n) is 0. The molecule has 31 valence electrons. The summed E-state index contributed by atoms with van der Waals surface area (Å²) in [6.45, 7) is 0. The molecular formula is H2CuFeSSn. The van der Waals surface area contributed by atoms with Crippen molar-refractivity contribution < 1.29 is 34.1 Å². The van der Waals surface area contributed by atoms with Gasteiger partial charge in [0, 0.05) is 58.0 Å². The normalized spacial score (nSPS) is 0. The van der Waals surface area contributed by atoms with Crippen molar-refractivity contribution in [2.45, 2.75) is 0 Å². The molecule has 0 atom stereocenters. The van der Waals surface area contributed by atoms with E-state index in [1.807, 2.05) is 0 Å². The van der Waals surface area contributed by atoms with Crippen LogP contribution in [0.2, 0.25) is 0 Å². The van der Waals surface area contributed by atoms with E-state index in [9.17, 15) is 0 Å². The standard InChI is InChI=1S/Cu.Fe.H2S.Sn/h;;1H2;. The average Bonchev–Trinajstić information content (AvgIpc) is 0. The summed E-state index contributed by atoms with van der Waals surface area (Å²) in [5.41, 5.74) is 0. The van der Waals surface area contributed by atoms with E-state index in [4.69, 9.17) is 0 Å². The van der Waals surface area contributed by atoms with Gasteiger partial charge in [-0.25, -0.2) is 0 Å². The smallest absolute Gasteiger partial charge is 0 e. The second-order valence-electron chi connectivity index (χ2n) is 0. The molecule has 0 amide bonds. The maximum absolute atomic E-state index is 0. The molecule has 0 saturated heterocycles. The minimum atomic E-state index is 0. The maximum Gasteiger partial charge on any atom is 0 e. The van der Waals surface area contributed by atoms with Crippen LogP contribution in [0.4, 0.5) is 0 Å². The predicted octanol–water partition coefficient (Wildman–Crippen LogP) is -0.273. The van der Waals surface area contributed by atoms with Crippen LogP contribution in [0.3, 0.4) is 0 Å². The minimum Gasteiger partial charge on any atom is -0.197 e. The molecule has 0 aromatic rings. The van der Waals surface area contributed by atoms with E-state index in [0.29, 0.717) is 0 Å². The molecule has 0 saturated carbocycles. The molecule has 0 spiro atoms. The van der Waals surface area contributed by atoms with Crippen LogP contribution < -0.4 is 0 Å². The van der Waals surface area contributed by atoms with Gasteiger partial charge in [-0.15, -0.1) is 0 Å². The average molecular weight is 272 g/mol. The molecule has 0 aromatic carbocycles. The van der Waals surface area contributed by atoms with Crippen molar-refractivity contribution in [2.75, 3.05) is 0 Å².